The van der Waals surface area contributed by atoms with Crippen LogP contribution in [0.3, 0.4) is 0 Å². The molecule has 122 valence electrons. The number of carbonyl (C=O) groups is 1. The Bertz CT molecular complexity index is 688. The Morgan fingerprint density at radius 3 is 2.61 bits per heavy atom. The van der Waals surface area contributed by atoms with Gasteiger partial charge in [0, 0.05) is 10.6 Å². The summed E-state index contributed by atoms with van der Waals surface area (Å²) >= 11 is 5.91. The molecule has 2 aromatic rings. The van der Waals surface area contributed by atoms with Crippen molar-refractivity contribution in [3.63, 3.8) is 0 Å². The lowest BCUT2D eigenvalue weighted by atomic mass is 9.97. The van der Waals surface area contributed by atoms with Crippen LogP contribution in [-0.4, -0.2) is 34.0 Å². The van der Waals surface area contributed by atoms with Crippen LogP contribution in [0.4, 0.5) is 0 Å². The molecule has 0 spiro atoms. The first-order valence-electron chi connectivity index (χ1n) is 7.70. The number of aliphatic carboxylic acids is 1. The fourth-order valence-electron chi connectivity index (χ4n) is 2.92. The van der Waals surface area contributed by atoms with E-state index in [2.05, 4.69) is 9.88 Å². The minimum Gasteiger partial charge on any atom is -0.481 e. The summed E-state index contributed by atoms with van der Waals surface area (Å²) in [5.74, 6) is 0.516. The number of aryl methyl sites for hydroxylation is 1. The highest BCUT2D eigenvalue weighted by Gasteiger charge is 2.25. The van der Waals surface area contributed by atoms with E-state index in [0.29, 0.717) is 30.3 Å². The minimum absolute atomic E-state index is 0.220. The van der Waals surface area contributed by atoms with Crippen LogP contribution in [0.5, 0.6) is 0 Å². The van der Waals surface area contributed by atoms with Gasteiger partial charge in [0.15, 0.2) is 5.76 Å². The quantitative estimate of drug-likeness (QED) is 0.925. The molecule has 0 saturated carbocycles. The normalized spacial score (nSPS) is 16.6. The van der Waals surface area contributed by atoms with Crippen molar-refractivity contribution in [2.75, 3.05) is 13.1 Å². The van der Waals surface area contributed by atoms with E-state index in [-0.39, 0.29) is 5.92 Å². The molecule has 1 aliphatic rings. The lowest BCUT2D eigenvalue weighted by molar-refractivity contribution is -0.143. The van der Waals surface area contributed by atoms with Gasteiger partial charge in [-0.1, -0.05) is 11.6 Å². The first kappa shape index (κ1) is 16.0. The summed E-state index contributed by atoms with van der Waals surface area (Å²) in [5, 5.41) is 9.73. The van der Waals surface area contributed by atoms with Gasteiger partial charge in [-0.15, -0.1) is 0 Å². The van der Waals surface area contributed by atoms with Gasteiger partial charge in [0.1, 0.15) is 0 Å². The topological polar surface area (TPSA) is 66.6 Å². The summed E-state index contributed by atoms with van der Waals surface area (Å²) in [6, 6.07) is 7.49. The summed E-state index contributed by atoms with van der Waals surface area (Å²) in [5.41, 5.74) is 1.80. The van der Waals surface area contributed by atoms with Crippen LogP contribution < -0.4 is 0 Å². The van der Waals surface area contributed by atoms with E-state index < -0.39 is 5.97 Å². The molecule has 0 unspecified atom stereocenters. The predicted molar refractivity (Wildman–Crippen MR) is 87.3 cm³/mol. The maximum atomic E-state index is 11.0. The maximum Gasteiger partial charge on any atom is 0.306 e. The molecule has 0 atom stereocenters. The maximum absolute atomic E-state index is 11.0. The summed E-state index contributed by atoms with van der Waals surface area (Å²) < 4.78 is 5.91. The zero-order chi connectivity index (χ0) is 16.4. The van der Waals surface area contributed by atoms with Gasteiger partial charge in [0.2, 0.25) is 5.89 Å². The number of carboxylic acid groups (broad SMARTS) is 1. The van der Waals surface area contributed by atoms with Crippen LogP contribution in [0.25, 0.3) is 11.3 Å². The first-order chi connectivity index (χ1) is 11.0. The van der Waals surface area contributed by atoms with E-state index in [1.165, 1.54) is 0 Å². The number of benzene rings is 1. The third-order valence-corrected chi connectivity index (χ3v) is 4.49. The Balaban J connectivity index is 1.67. The predicted octanol–water partition coefficient (Wildman–Crippen LogP) is 3.60. The summed E-state index contributed by atoms with van der Waals surface area (Å²) in [6.07, 6.45) is 1.36. The molecule has 1 aromatic carbocycles. The SMILES string of the molecule is Cc1nc(CN2CCC(C(=O)O)CC2)oc1-c1ccc(Cl)cc1. The average Bonchev–Trinajstić information content (AvgIpc) is 2.89. The van der Waals surface area contributed by atoms with E-state index in [4.69, 9.17) is 21.1 Å². The van der Waals surface area contributed by atoms with Crippen LogP contribution in [0.1, 0.15) is 24.4 Å². The molecule has 6 heteroatoms. The number of oxazole rings is 1. The summed E-state index contributed by atoms with van der Waals surface area (Å²) in [7, 11) is 0. The lowest BCUT2D eigenvalue weighted by Crippen LogP contribution is -2.35. The van der Waals surface area contributed by atoms with Crippen molar-refractivity contribution in [1.29, 1.82) is 0 Å². The lowest BCUT2D eigenvalue weighted by Gasteiger charge is -2.28. The van der Waals surface area contributed by atoms with Crippen LogP contribution in [0.2, 0.25) is 5.02 Å². The number of aromatic nitrogens is 1. The average molecular weight is 335 g/mol. The molecule has 0 aliphatic carbocycles. The van der Waals surface area contributed by atoms with E-state index in [0.717, 1.165) is 30.1 Å². The van der Waals surface area contributed by atoms with Gasteiger partial charge in [-0.05, 0) is 57.1 Å². The van der Waals surface area contributed by atoms with Crippen molar-refractivity contribution in [3.05, 3.63) is 40.9 Å². The second-order valence-electron chi connectivity index (χ2n) is 5.92. The van der Waals surface area contributed by atoms with Gasteiger partial charge >= 0.3 is 5.97 Å². The second kappa shape index (κ2) is 6.72. The number of likely N-dealkylation sites (tertiary alicyclic amines) is 1. The van der Waals surface area contributed by atoms with Crippen molar-refractivity contribution in [1.82, 2.24) is 9.88 Å². The molecule has 1 aromatic heterocycles. The third kappa shape index (κ3) is 3.74. The third-order valence-electron chi connectivity index (χ3n) is 4.24. The molecule has 1 N–H and O–H groups in total. The monoisotopic (exact) mass is 334 g/mol. The molecule has 1 aliphatic heterocycles. The van der Waals surface area contributed by atoms with Crippen molar-refractivity contribution in [2.45, 2.75) is 26.3 Å². The molecular formula is C17H19ClN2O3. The Morgan fingerprint density at radius 1 is 1.35 bits per heavy atom. The van der Waals surface area contributed by atoms with Gasteiger partial charge in [-0.2, -0.15) is 0 Å². The number of nitrogens with zero attached hydrogens (tertiary/aromatic N) is 2. The van der Waals surface area contributed by atoms with E-state index in [1.807, 2.05) is 31.2 Å². The summed E-state index contributed by atoms with van der Waals surface area (Å²) in [6.45, 7) is 4.05. The molecule has 0 bridgehead atoms. The first-order valence-corrected chi connectivity index (χ1v) is 8.08. The molecular weight excluding hydrogens is 316 g/mol. The fraction of sp³-hybridized carbons (Fsp3) is 0.412. The van der Waals surface area contributed by atoms with E-state index >= 15 is 0 Å². The van der Waals surface area contributed by atoms with Crippen molar-refractivity contribution < 1.29 is 14.3 Å². The van der Waals surface area contributed by atoms with Crippen LogP contribution >= 0.6 is 11.6 Å². The standard InChI is InChI=1S/C17H19ClN2O3/c1-11-16(12-2-4-14(18)5-3-12)23-15(19-11)10-20-8-6-13(7-9-20)17(21)22/h2-5,13H,6-10H2,1H3,(H,21,22). The summed E-state index contributed by atoms with van der Waals surface area (Å²) in [4.78, 5) is 17.7. The number of carboxylic acids is 1. The minimum atomic E-state index is -0.693. The molecule has 0 amide bonds. The van der Waals surface area contributed by atoms with E-state index in [9.17, 15) is 4.79 Å². The van der Waals surface area contributed by atoms with Crippen LogP contribution in [0, 0.1) is 12.8 Å². The van der Waals surface area contributed by atoms with Crippen molar-refractivity contribution in [3.8, 4) is 11.3 Å². The number of piperidine rings is 1. The molecule has 23 heavy (non-hydrogen) atoms. The zero-order valence-corrected chi connectivity index (χ0v) is 13.7. The fourth-order valence-corrected chi connectivity index (χ4v) is 3.04. The van der Waals surface area contributed by atoms with Crippen molar-refractivity contribution in [2.24, 2.45) is 5.92 Å². The smallest absolute Gasteiger partial charge is 0.306 e. The number of hydrogen-bond acceptors (Lipinski definition) is 4. The second-order valence-corrected chi connectivity index (χ2v) is 6.35. The van der Waals surface area contributed by atoms with Gasteiger partial charge in [-0.25, -0.2) is 4.98 Å². The van der Waals surface area contributed by atoms with Gasteiger partial charge in [-0.3, -0.25) is 9.69 Å². The number of halogens is 1. The van der Waals surface area contributed by atoms with Crippen LogP contribution in [-0.2, 0) is 11.3 Å². The van der Waals surface area contributed by atoms with Crippen molar-refractivity contribution >= 4 is 17.6 Å². The number of rotatable bonds is 4. The highest BCUT2D eigenvalue weighted by atomic mass is 35.5. The van der Waals surface area contributed by atoms with E-state index in [1.54, 1.807) is 0 Å². The van der Waals surface area contributed by atoms with Crippen LogP contribution in [0.15, 0.2) is 28.7 Å². The molecule has 1 saturated heterocycles. The Hall–Kier alpha value is -1.85. The molecule has 5 nitrogen and oxygen atoms in total. The Morgan fingerprint density at radius 2 is 2.00 bits per heavy atom. The number of hydrogen-bond donors (Lipinski definition) is 1. The Labute approximate surface area is 139 Å². The van der Waals surface area contributed by atoms with Gasteiger partial charge in [0.05, 0.1) is 18.2 Å². The molecule has 0 radical (unpaired) electrons. The van der Waals surface area contributed by atoms with Gasteiger partial charge in [0.25, 0.3) is 0 Å². The molecule has 1 fully saturated rings. The zero-order valence-electron chi connectivity index (χ0n) is 13.0. The highest BCUT2D eigenvalue weighted by Crippen LogP contribution is 2.27. The highest BCUT2D eigenvalue weighted by molar-refractivity contribution is 6.30. The molecule has 3 rings (SSSR count). The Kier molecular flexibility index (Phi) is 4.68. The van der Waals surface area contributed by atoms with Gasteiger partial charge < -0.3 is 9.52 Å². The largest absolute Gasteiger partial charge is 0.481 e. The molecule has 2 heterocycles.